The molecule has 262 valence electrons. The first-order valence-electron chi connectivity index (χ1n) is 17.7. The van der Waals surface area contributed by atoms with Gasteiger partial charge in [0, 0.05) is 57.6 Å². The topological polar surface area (TPSA) is 60.9 Å². The number of carbonyl (C=O) groups is 3. The summed E-state index contributed by atoms with van der Waals surface area (Å²) in [5.74, 6) is 1.87. The molecule has 0 aromatic heterocycles. The molecule has 6 nitrogen and oxygen atoms in total. The van der Waals surface area contributed by atoms with Gasteiger partial charge >= 0.3 is 0 Å². The summed E-state index contributed by atoms with van der Waals surface area (Å²) in [6, 6.07) is 0. The number of fused-ring (bicyclic) bond motifs is 3. The maximum Gasteiger partial charge on any atom is 0.272 e. The van der Waals surface area contributed by atoms with Crippen molar-refractivity contribution < 1.29 is 23.2 Å². The minimum Gasteiger partial charge on any atom is -0.299 e. The van der Waals surface area contributed by atoms with E-state index in [2.05, 4.69) is 23.6 Å². The van der Waals surface area contributed by atoms with Gasteiger partial charge in [-0.2, -0.15) is 0 Å². The zero-order valence-corrected chi connectivity index (χ0v) is 30.2. The van der Waals surface area contributed by atoms with Crippen LogP contribution in [0, 0.1) is 40.9 Å². The summed E-state index contributed by atoms with van der Waals surface area (Å²) >= 11 is 0. The Balaban J connectivity index is 0.000000236. The molecule has 0 N–H and O–H groups in total. The van der Waals surface area contributed by atoms with Crippen molar-refractivity contribution in [1.29, 1.82) is 0 Å². The molecule has 0 aromatic rings. The van der Waals surface area contributed by atoms with Gasteiger partial charge in [0.05, 0.1) is 13.1 Å². The van der Waals surface area contributed by atoms with E-state index >= 15 is 0 Å². The van der Waals surface area contributed by atoms with Crippen molar-refractivity contribution in [2.45, 2.75) is 87.5 Å². The number of ketones is 3. The molecule has 0 amide bonds. The van der Waals surface area contributed by atoms with E-state index in [9.17, 15) is 23.2 Å². The summed E-state index contributed by atoms with van der Waals surface area (Å²) in [5.41, 5.74) is 0.591. The largest absolute Gasteiger partial charge is 0.299 e. The Hall–Kier alpha value is -2.03. The molecule has 0 spiro atoms. The number of hydrogen-bond donors (Lipinski definition) is 0. The Morgan fingerprint density at radius 1 is 0.696 bits per heavy atom. The van der Waals surface area contributed by atoms with Crippen molar-refractivity contribution >= 4 is 17.3 Å². The van der Waals surface area contributed by atoms with Crippen LogP contribution in [0.25, 0.3) is 0 Å². The standard InChI is InChI=1S/2C14H23NO.C8H11F2NO.C2H6/c1-10(2)13(16)6-5-7-15-8-11-12(9-15)14(11,3)4;1-11(2)14(16)4-3-7-15-9-12-5-6-13(8-12)10-15;1-7(12)3-2-4-11-5-8(9,10)6-11;1-2/h5-6,10-12H,7-9H2,1-4H3;3-4,11-13H,5-10H2,1-2H3;2-3H,4-6H2,1H3;1-2H3/b6-5+;4-3+;3-2+;. The average Bonchev–Trinajstić information content (AvgIpc) is 3.30. The molecule has 0 aromatic carbocycles. The third-order valence-electron chi connectivity index (χ3n) is 9.94. The molecule has 5 aliphatic rings. The first kappa shape index (κ1) is 40.1. The van der Waals surface area contributed by atoms with Crippen LogP contribution in [0.15, 0.2) is 36.5 Å². The second-order valence-corrected chi connectivity index (χ2v) is 15.0. The van der Waals surface area contributed by atoms with Crippen molar-refractivity contribution in [2.75, 3.05) is 58.9 Å². The predicted octanol–water partition coefficient (Wildman–Crippen LogP) is 6.96. The third kappa shape index (κ3) is 13.2. The number of piperidine rings is 2. The third-order valence-corrected chi connectivity index (χ3v) is 9.94. The van der Waals surface area contributed by atoms with Crippen LogP contribution in [0.4, 0.5) is 8.78 Å². The highest BCUT2D eigenvalue weighted by Crippen LogP contribution is 2.61. The van der Waals surface area contributed by atoms with Gasteiger partial charge in [-0.1, -0.05) is 73.6 Å². The normalized spacial score (nSPS) is 27.8. The van der Waals surface area contributed by atoms with E-state index in [1.807, 2.05) is 53.7 Å². The number of carbonyl (C=O) groups excluding carboxylic acids is 3. The van der Waals surface area contributed by atoms with Crippen molar-refractivity contribution in [3.05, 3.63) is 36.5 Å². The lowest BCUT2D eigenvalue weighted by Gasteiger charge is -2.37. The van der Waals surface area contributed by atoms with E-state index in [1.54, 1.807) is 23.1 Å². The van der Waals surface area contributed by atoms with Crippen molar-refractivity contribution in [1.82, 2.24) is 14.7 Å². The van der Waals surface area contributed by atoms with Crippen LogP contribution in [0.3, 0.4) is 0 Å². The number of nitrogens with zero attached hydrogens (tertiary/aromatic N) is 3. The smallest absolute Gasteiger partial charge is 0.272 e. The molecule has 3 aliphatic heterocycles. The molecular formula is C38H63F2N3O3. The van der Waals surface area contributed by atoms with Crippen LogP contribution in [0.5, 0.6) is 0 Å². The summed E-state index contributed by atoms with van der Waals surface area (Å²) in [5, 5.41) is 0. The molecule has 3 saturated heterocycles. The monoisotopic (exact) mass is 647 g/mol. The second kappa shape index (κ2) is 18.5. The lowest BCUT2D eigenvalue weighted by Crippen LogP contribution is -2.55. The molecule has 4 atom stereocenters. The van der Waals surface area contributed by atoms with Gasteiger partial charge in [-0.25, -0.2) is 8.78 Å². The Labute approximate surface area is 278 Å². The summed E-state index contributed by atoms with van der Waals surface area (Å²) in [7, 11) is 0. The van der Waals surface area contributed by atoms with E-state index in [0.29, 0.717) is 12.0 Å². The zero-order valence-electron chi connectivity index (χ0n) is 30.2. The van der Waals surface area contributed by atoms with Gasteiger partial charge in [0.1, 0.15) is 0 Å². The Bertz CT molecular complexity index is 1050. The number of allylic oxidation sites excluding steroid dienone is 3. The molecule has 2 saturated carbocycles. The predicted molar refractivity (Wildman–Crippen MR) is 185 cm³/mol. The van der Waals surface area contributed by atoms with Gasteiger partial charge in [0.15, 0.2) is 17.3 Å². The summed E-state index contributed by atoms with van der Waals surface area (Å²) in [4.78, 5) is 39.8. The molecule has 3 heterocycles. The highest BCUT2D eigenvalue weighted by atomic mass is 19.3. The van der Waals surface area contributed by atoms with Gasteiger partial charge in [0.25, 0.3) is 5.92 Å². The van der Waals surface area contributed by atoms with E-state index in [-0.39, 0.29) is 42.3 Å². The molecule has 4 unspecified atom stereocenters. The van der Waals surface area contributed by atoms with E-state index in [4.69, 9.17) is 0 Å². The van der Waals surface area contributed by atoms with Gasteiger partial charge < -0.3 is 0 Å². The quantitative estimate of drug-likeness (QED) is 0.226. The fourth-order valence-corrected chi connectivity index (χ4v) is 6.95. The SMILES string of the molecule is CC.CC(=O)/C=C/CN1CC(F)(F)C1.CC(C)C(=O)/C=C/CN1CC2C(C1)C2(C)C.CC(C)C(=O)/C=C/CN1CC2CCC(C2)C1. The number of alkyl halides is 2. The molecular weight excluding hydrogens is 584 g/mol. The highest BCUT2D eigenvalue weighted by molar-refractivity contribution is 5.91. The second-order valence-electron chi connectivity index (χ2n) is 15.0. The summed E-state index contributed by atoms with van der Waals surface area (Å²) in [6.07, 6.45) is 14.9. The van der Waals surface area contributed by atoms with Gasteiger partial charge in [-0.3, -0.25) is 29.1 Å². The number of halogens is 2. The maximum absolute atomic E-state index is 12.2. The summed E-state index contributed by atoms with van der Waals surface area (Å²) < 4.78 is 24.5. The highest BCUT2D eigenvalue weighted by Gasteiger charge is 2.61. The summed E-state index contributed by atoms with van der Waals surface area (Å²) in [6.45, 7) is 24.9. The number of rotatable bonds is 11. The van der Waals surface area contributed by atoms with Gasteiger partial charge in [-0.15, -0.1) is 0 Å². The van der Waals surface area contributed by atoms with Crippen molar-refractivity contribution in [3.63, 3.8) is 0 Å². The fourth-order valence-electron chi connectivity index (χ4n) is 6.95. The number of hydrogen-bond acceptors (Lipinski definition) is 6. The van der Waals surface area contributed by atoms with Crippen LogP contribution in [-0.4, -0.2) is 96.9 Å². The molecule has 5 fully saturated rings. The molecule has 2 aliphatic carbocycles. The minimum atomic E-state index is -2.51. The Morgan fingerprint density at radius 2 is 1.09 bits per heavy atom. The van der Waals surface area contributed by atoms with Crippen LogP contribution >= 0.6 is 0 Å². The lowest BCUT2D eigenvalue weighted by molar-refractivity contribution is -0.126. The molecule has 2 bridgehead atoms. The van der Waals surface area contributed by atoms with E-state index in [0.717, 1.165) is 36.8 Å². The molecule has 46 heavy (non-hydrogen) atoms. The first-order chi connectivity index (χ1) is 21.6. The Morgan fingerprint density at radius 3 is 1.48 bits per heavy atom. The minimum absolute atomic E-state index is 0.0534. The zero-order chi connectivity index (χ0) is 34.7. The van der Waals surface area contributed by atoms with Gasteiger partial charge in [0.2, 0.25) is 0 Å². The van der Waals surface area contributed by atoms with Gasteiger partial charge in [-0.05, 0) is 73.5 Å². The van der Waals surface area contributed by atoms with Crippen molar-refractivity contribution in [3.8, 4) is 0 Å². The molecule has 0 radical (unpaired) electrons. The fraction of sp³-hybridized carbons (Fsp3) is 0.763. The van der Waals surface area contributed by atoms with Crippen LogP contribution in [0.1, 0.15) is 81.6 Å². The molecule has 5 rings (SSSR count). The molecule has 8 heteroatoms. The van der Waals surface area contributed by atoms with Crippen molar-refractivity contribution in [2.24, 2.45) is 40.9 Å². The maximum atomic E-state index is 12.2. The van der Waals surface area contributed by atoms with E-state index in [1.165, 1.54) is 58.4 Å². The van der Waals surface area contributed by atoms with Crippen LogP contribution in [0.2, 0.25) is 0 Å². The first-order valence-corrected chi connectivity index (χ1v) is 17.7. The van der Waals surface area contributed by atoms with Crippen LogP contribution in [-0.2, 0) is 14.4 Å². The number of likely N-dealkylation sites (tertiary alicyclic amines) is 3. The van der Waals surface area contributed by atoms with E-state index < -0.39 is 5.92 Å². The van der Waals surface area contributed by atoms with Crippen LogP contribution < -0.4 is 0 Å². The Kier molecular flexibility index (Phi) is 16.1. The lowest BCUT2D eigenvalue weighted by atomic mass is 9.99. The average molecular weight is 648 g/mol.